The predicted molar refractivity (Wildman–Crippen MR) is 82.3 cm³/mol. The van der Waals surface area contributed by atoms with Crippen molar-refractivity contribution in [2.75, 3.05) is 13.2 Å². The van der Waals surface area contributed by atoms with E-state index in [4.69, 9.17) is 4.74 Å². The Balaban J connectivity index is 2.84. The van der Waals surface area contributed by atoms with Gasteiger partial charge in [0.2, 0.25) is 0 Å². The van der Waals surface area contributed by atoms with Crippen molar-refractivity contribution in [3.63, 3.8) is 0 Å². The zero-order chi connectivity index (χ0) is 14.3. The van der Waals surface area contributed by atoms with Crippen molar-refractivity contribution in [2.24, 2.45) is 0 Å². The van der Waals surface area contributed by atoms with Crippen LogP contribution in [0.2, 0.25) is 0 Å². The Morgan fingerprint density at radius 3 is 2.68 bits per heavy atom. The summed E-state index contributed by atoms with van der Waals surface area (Å²) in [5, 5.41) is 7.99. The van der Waals surface area contributed by atoms with Gasteiger partial charge in [0.15, 0.2) is 0 Å². The molecule has 0 aliphatic carbocycles. The molecule has 1 aromatic heterocycles. The molecule has 1 heterocycles. The average molecular weight is 332 g/mol. The first-order chi connectivity index (χ1) is 9.10. The van der Waals surface area contributed by atoms with Gasteiger partial charge in [-0.05, 0) is 49.2 Å². The van der Waals surface area contributed by atoms with Crippen LogP contribution in [-0.4, -0.2) is 29.0 Å². The van der Waals surface area contributed by atoms with Crippen LogP contribution in [0.15, 0.2) is 10.7 Å². The Hall–Kier alpha value is -0.390. The Morgan fingerprint density at radius 1 is 1.37 bits per heavy atom. The molecular weight excluding hydrogens is 306 g/mol. The van der Waals surface area contributed by atoms with Gasteiger partial charge >= 0.3 is 0 Å². The molecule has 0 bridgehead atoms. The highest BCUT2D eigenvalue weighted by Gasteiger charge is 2.20. The van der Waals surface area contributed by atoms with E-state index in [0.29, 0.717) is 6.61 Å². The highest BCUT2D eigenvalue weighted by Crippen LogP contribution is 2.24. The van der Waals surface area contributed by atoms with Gasteiger partial charge in [-0.3, -0.25) is 4.68 Å². The second-order valence-electron chi connectivity index (χ2n) is 4.99. The van der Waals surface area contributed by atoms with E-state index in [1.165, 1.54) is 5.69 Å². The fourth-order valence-corrected chi connectivity index (χ4v) is 2.52. The van der Waals surface area contributed by atoms with E-state index in [-0.39, 0.29) is 12.1 Å². The van der Waals surface area contributed by atoms with E-state index >= 15 is 0 Å². The molecule has 0 saturated heterocycles. The molecule has 1 rings (SSSR count). The number of rotatable bonds is 9. The first-order valence-corrected chi connectivity index (χ1v) is 7.95. The maximum Gasteiger partial charge on any atom is 0.0741 e. The molecule has 1 unspecified atom stereocenters. The Morgan fingerprint density at radius 2 is 2.11 bits per heavy atom. The fourth-order valence-electron chi connectivity index (χ4n) is 1.95. The van der Waals surface area contributed by atoms with Crippen molar-refractivity contribution in [1.82, 2.24) is 15.1 Å². The normalized spacial score (nSPS) is 13.2. The first-order valence-electron chi connectivity index (χ1n) is 7.16. The summed E-state index contributed by atoms with van der Waals surface area (Å²) in [6.07, 6.45) is 4.30. The van der Waals surface area contributed by atoms with Gasteiger partial charge in [0.05, 0.1) is 35.1 Å². The van der Waals surface area contributed by atoms with Gasteiger partial charge in [-0.1, -0.05) is 13.8 Å². The fraction of sp³-hybridized carbons (Fsp3) is 0.786. The van der Waals surface area contributed by atoms with Crippen LogP contribution < -0.4 is 5.32 Å². The van der Waals surface area contributed by atoms with E-state index in [2.05, 4.69) is 58.7 Å². The summed E-state index contributed by atoms with van der Waals surface area (Å²) < 4.78 is 8.92. The minimum atomic E-state index is 0.186. The van der Waals surface area contributed by atoms with Crippen molar-refractivity contribution in [1.29, 1.82) is 0 Å². The zero-order valence-electron chi connectivity index (χ0n) is 12.4. The van der Waals surface area contributed by atoms with E-state index in [0.717, 1.165) is 30.4 Å². The summed E-state index contributed by atoms with van der Waals surface area (Å²) in [4.78, 5) is 0. The van der Waals surface area contributed by atoms with Gasteiger partial charge in [-0.15, -0.1) is 0 Å². The van der Waals surface area contributed by atoms with Crippen LogP contribution in [0.4, 0.5) is 0 Å². The Labute approximate surface area is 125 Å². The summed E-state index contributed by atoms with van der Waals surface area (Å²) in [6, 6.07) is 0.186. The monoisotopic (exact) mass is 331 g/mol. The molecule has 1 atom stereocenters. The van der Waals surface area contributed by atoms with Gasteiger partial charge in [-0.2, -0.15) is 5.10 Å². The van der Waals surface area contributed by atoms with E-state index in [1.54, 1.807) is 0 Å². The highest BCUT2D eigenvalue weighted by molar-refractivity contribution is 9.10. The van der Waals surface area contributed by atoms with Gasteiger partial charge in [-0.25, -0.2) is 0 Å². The van der Waals surface area contributed by atoms with E-state index in [9.17, 15) is 0 Å². The molecule has 19 heavy (non-hydrogen) atoms. The van der Waals surface area contributed by atoms with Crippen molar-refractivity contribution < 1.29 is 4.74 Å². The molecule has 0 aliphatic rings. The van der Waals surface area contributed by atoms with Crippen LogP contribution in [0, 0.1) is 0 Å². The molecule has 0 radical (unpaired) electrons. The number of aromatic nitrogens is 2. The third-order valence-corrected chi connectivity index (χ3v) is 3.45. The molecule has 0 saturated carbocycles. The predicted octanol–water partition coefficient (Wildman–Crippen LogP) is 3.52. The quantitative estimate of drug-likeness (QED) is 0.752. The maximum absolute atomic E-state index is 5.79. The second-order valence-corrected chi connectivity index (χ2v) is 5.84. The minimum absolute atomic E-state index is 0.186. The molecule has 0 aromatic carbocycles. The van der Waals surface area contributed by atoms with Crippen LogP contribution in [0.25, 0.3) is 0 Å². The van der Waals surface area contributed by atoms with E-state index < -0.39 is 0 Å². The molecule has 0 fully saturated rings. The lowest BCUT2D eigenvalue weighted by Gasteiger charge is -2.22. The molecule has 5 heteroatoms. The molecular formula is C14H26BrN3O. The standard InChI is InChI=1S/C14H26BrN3O/c1-5-7-16-13(10-19-11(3)4)14-12(15)9-17-18(14)8-6-2/h9,11,13,16H,5-8,10H2,1-4H3. The SMILES string of the molecule is CCCNC(COC(C)C)c1c(Br)cnn1CCC. The van der Waals surface area contributed by atoms with Crippen LogP contribution in [0.3, 0.4) is 0 Å². The third-order valence-electron chi connectivity index (χ3n) is 2.84. The Bertz CT molecular complexity index is 366. The second kappa shape index (κ2) is 8.72. The smallest absolute Gasteiger partial charge is 0.0741 e. The molecule has 0 aliphatic heterocycles. The van der Waals surface area contributed by atoms with Gasteiger partial charge in [0.25, 0.3) is 0 Å². The van der Waals surface area contributed by atoms with Crippen LogP contribution in [0.1, 0.15) is 52.3 Å². The summed E-state index contributed by atoms with van der Waals surface area (Å²) in [7, 11) is 0. The number of hydrogen-bond acceptors (Lipinski definition) is 3. The molecule has 110 valence electrons. The van der Waals surface area contributed by atoms with Crippen LogP contribution >= 0.6 is 15.9 Å². The van der Waals surface area contributed by atoms with Crippen molar-refractivity contribution in [3.8, 4) is 0 Å². The van der Waals surface area contributed by atoms with Gasteiger partial charge < -0.3 is 10.1 Å². The van der Waals surface area contributed by atoms with Crippen LogP contribution in [0.5, 0.6) is 0 Å². The van der Waals surface area contributed by atoms with Crippen molar-refractivity contribution >= 4 is 15.9 Å². The first kappa shape index (κ1) is 16.7. The van der Waals surface area contributed by atoms with E-state index in [1.807, 2.05) is 6.20 Å². The number of halogens is 1. The van der Waals surface area contributed by atoms with Crippen molar-refractivity contribution in [3.05, 3.63) is 16.4 Å². The number of nitrogens with one attached hydrogen (secondary N) is 1. The highest BCUT2D eigenvalue weighted by atomic mass is 79.9. The average Bonchev–Trinajstić information content (AvgIpc) is 2.72. The van der Waals surface area contributed by atoms with Crippen LogP contribution in [-0.2, 0) is 11.3 Å². The van der Waals surface area contributed by atoms with Gasteiger partial charge in [0, 0.05) is 6.54 Å². The third kappa shape index (κ3) is 5.24. The minimum Gasteiger partial charge on any atom is -0.377 e. The maximum atomic E-state index is 5.79. The summed E-state index contributed by atoms with van der Waals surface area (Å²) >= 11 is 3.61. The molecule has 4 nitrogen and oxygen atoms in total. The van der Waals surface area contributed by atoms with Gasteiger partial charge in [0.1, 0.15) is 0 Å². The summed E-state index contributed by atoms with van der Waals surface area (Å²) in [5.41, 5.74) is 1.19. The topological polar surface area (TPSA) is 39.1 Å². The number of nitrogens with zero attached hydrogens (tertiary/aromatic N) is 2. The lowest BCUT2D eigenvalue weighted by molar-refractivity contribution is 0.0592. The molecule has 0 spiro atoms. The Kier molecular flexibility index (Phi) is 7.64. The van der Waals surface area contributed by atoms with Crippen molar-refractivity contribution in [2.45, 2.75) is 59.2 Å². The summed E-state index contributed by atoms with van der Waals surface area (Å²) in [6.45, 7) is 11.1. The lowest BCUT2D eigenvalue weighted by atomic mass is 10.2. The molecule has 1 N–H and O–H groups in total. The lowest BCUT2D eigenvalue weighted by Crippen LogP contribution is -2.30. The largest absolute Gasteiger partial charge is 0.377 e. The number of ether oxygens (including phenoxy) is 1. The molecule has 1 aromatic rings. The number of aryl methyl sites for hydroxylation is 1. The number of hydrogen-bond donors (Lipinski definition) is 1. The molecule has 0 amide bonds. The zero-order valence-corrected chi connectivity index (χ0v) is 14.0. The summed E-state index contributed by atoms with van der Waals surface area (Å²) in [5.74, 6) is 0.